The van der Waals surface area contributed by atoms with Crippen LogP contribution < -0.4 is 0 Å². The first-order valence-corrected chi connectivity index (χ1v) is 8.18. The Bertz CT molecular complexity index is 653. The van der Waals surface area contributed by atoms with Crippen molar-refractivity contribution in [2.24, 2.45) is 9.98 Å². The van der Waals surface area contributed by atoms with Gasteiger partial charge in [0.2, 0.25) is 5.96 Å². The van der Waals surface area contributed by atoms with E-state index in [9.17, 15) is 0 Å². The molecule has 3 nitrogen and oxygen atoms in total. The zero-order chi connectivity index (χ0) is 16.3. The molecule has 2 atom stereocenters. The van der Waals surface area contributed by atoms with Gasteiger partial charge in [0.25, 0.3) is 0 Å². The lowest BCUT2D eigenvalue weighted by Crippen LogP contribution is -2.27. The Hall–Kier alpha value is -1.64. The maximum Gasteiger partial charge on any atom is 0.226 e. The molecule has 0 amide bonds. The highest BCUT2D eigenvalue weighted by Gasteiger charge is 2.74. The van der Waals surface area contributed by atoms with Gasteiger partial charge in [-0.15, -0.1) is 0 Å². The molecule has 3 aliphatic rings. The molecule has 1 saturated heterocycles. The van der Waals surface area contributed by atoms with Crippen LogP contribution in [0.3, 0.4) is 0 Å². The van der Waals surface area contributed by atoms with E-state index in [1.165, 1.54) is 27.9 Å². The highest BCUT2D eigenvalue weighted by molar-refractivity contribution is 5.94. The normalized spacial score (nSPS) is 41.1. The van der Waals surface area contributed by atoms with Crippen molar-refractivity contribution in [2.45, 2.75) is 72.4 Å². The maximum atomic E-state index is 4.70. The first kappa shape index (κ1) is 15.3. The number of aliphatic imine (C=N–C) groups is 2. The number of fused-ring (bicyclic) bond motifs is 1. The SMILES string of the molecule is CC1=C(C)C2(C)N(C3=N/C=C(/C)CC/C=N\3)C2(C)C(C)=C1C. The predicted octanol–water partition coefficient (Wildman–Crippen LogP) is 4.63. The van der Waals surface area contributed by atoms with Gasteiger partial charge in [0.05, 0.1) is 11.1 Å². The number of guanidine groups is 1. The third-order valence-electron chi connectivity index (χ3n) is 6.42. The molecule has 2 unspecified atom stereocenters. The first-order valence-electron chi connectivity index (χ1n) is 8.18. The summed E-state index contributed by atoms with van der Waals surface area (Å²) >= 11 is 0. The number of hydrogen-bond donors (Lipinski definition) is 0. The summed E-state index contributed by atoms with van der Waals surface area (Å²) in [5.41, 5.74) is 7.03. The van der Waals surface area contributed by atoms with Crippen LogP contribution >= 0.6 is 0 Å². The lowest BCUT2D eigenvalue weighted by atomic mass is 9.75. The largest absolute Gasteiger partial charge is 0.317 e. The summed E-state index contributed by atoms with van der Waals surface area (Å²) in [6.07, 6.45) is 6.04. The van der Waals surface area contributed by atoms with Crippen molar-refractivity contribution in [3.8, 4) is 0 Å². The van der Waals surface area contributed by atoms with Gasteiger partial charge >= 0.3 is 0 Å². The number of hydrogen-bond acceptors (Lipinski definition) is 3. The van der Waals surface area contributed by atoms with Crippen LogP contribution in [0, 0.1) is 0 Å². The van der Waals surface area contributed by atoms with Crippen molar-refractivity contribution in [3.05, 3.63) is 34.1 Å². The lowest BCUT2D eigenvalue weighted by molar-refractivity contribution is 0.614. The molecule has 0 saturated carbocycles. The summed E-state index contributed by atoms with van der Waals surface area (Å²) in [6, 6.07) is 0. The Morgan fingerprint density at radius 1 is 0.955 bits per heavy atom. The molecule has 0 bridgehead atoms. The summed E-state index contributed by atoms with van der Waals surface area (Å²) in [5.74, 6) is 0.852. The Morgan fingerprint density at radius 2 is 1.50 bits per heavy atom. The van der Waals surface area contributed by atoms with E-state index in [2.05, 4.69) is 58.4 Å². The number of rotatable bonds is 0. The monoisotopic (exact) mass is 297 g/mol. The third-order valence-corrected chi connectivity index (χ3v) is 6.42. The zero-order valence-corrected chi connectivity index (χ0v) is 14.9. The number of allylic oxidation sites excluding steroid dienone is 3. The molecular weight excluding hydrogens is 270 g/mol. The van der Waals surface area contributed by atoms with Crippen LogP contribution in [0.1, 0.15) is 61.3 Å². The molecule has 0 radical (unpaired) electrons. The zero-order valence-electron chi connectivity index (χ0n) is 14.9. The Labute approximate surface area is 134 Å². The molecule has 118 valence electrons. The number of nitrogens with zero attached hydrogens (tertiary/aromatic N) is 3. The Kier molecular flexibility index (Phi) is 3.24. The molecule has 0 aromatic rings. The van der Waals surface area contributed by atoms with Gasteiger partial charge in [-0.1, -0.05) is 5.57 Å². The minimum atomic E-state index is -0.00219. The summed E-state index contributed by atoms with van der Waals surface area (Å²) < 4.78 is 0. The Balaban J connectivity index is 2.12. The minimum absolute atomic E-state index is 0.00219. The quantitative estimate of drug-likeness (QED) is 0.599. The van der Waals surface area contributed by atoms with E-state index in [-0.39, 0.29) is 11.1 Å². The summed E-state index contributed by atoms with van der Waals surface area (Å²) in [7, 11) is 0. The predicted molar refractivity (Wildman–Crippen MR) is 94.3 cm³/mol. The van der Waals surface area contributed by atoms with Crippen LogP contribution in [-0.2, 0) is 0 Å². The highest BCUT2D eigenvalue weighted by atomic mass is 15.5. The van der Waals surface area contributed by atoms with E-state index in [4.69, 9.17) is 4.99 Å². The van der Waals surface area contributed by atoms with Crippen molar-refractivity contribution >= 4 is 12.2 Å². The maximum absolute atomic E-state index is 4.70. The highest BCUT2D eigenvalue weighted by Crippen LogP contribution is 2.63. The molecule has 2 heterocycles. The molecule has 2 aliphatic heterocycles. The van der Waals surface area contributed by atoms with Crippen LogP contribution in [0.4, 0.5) is 0 Å². The summed E-state index contributed by atoms with van der Waals surface area (Å²) in [4.78, 5) is 11.8. The van der Waals surface area contributed by atoms with Crippen LogP contribution in [0.2, 0.25) is 0 Å². The lowest BCUT2D eigenvalue weighted by Gasteiger charge is -2.26. The molecule has 0 aromatic heterocycles. The van der Waals surface area contributed by atoms with E-state index in [1.807, 2.05) is 12.4 Å². The van der Waals surface area contributed by atoms with Gasteiger partial charge in [-0.3, -0.25) is 0 Å². The molecule has 3 rings (SSSR count). The van der Waals surface area contributed by atoms with Gasteiger partial charge < -0.3 is 4.90 Å². The first-order chi connectivity index (χ1) is 10.3. The fraction of sp³-hybridized carbons (Fsp3) is 0.579. The van der Waals surface area contributed by atoms with Crippen LogP contribution in [0.25, 0.3) is 0 Å². The van der Waals surface area contributed by atoms with E-state index >= 15 is 0 Å². The smallest absolute Gasteiger partial charge is 0.226 e. The van der Waals surface area contributed by atoms with E-state index in [0.29, 0.717) is 0 Å². The molecule has 0 N–H and O–H groups in total. The van der Waals surface area contributed by atoms with Crippen molar-refractivity contribution in [1.29, 1.82) is 0 Å². The molecule has 3 heteroatoms. The van der Waals surface area contributed by atoms with Gasteiger partial charge in [0.1, 0.15) is 0 Å². The second-order valence-corrected chi connectivity index (χ2v) is 7.23. The standard InChI is InChI=1S/C19H27N3/c1-12-9-8-10-20-17(21-11-12)22-18(6)15(4)13(2)14(3)16(5)19(18,22)7/h10-11H,8-9H2,1-7H3/b12-11-,20-10-,21-17+. The molecular formula is C19H27N3. The average molecular weight is 297 g/mol. The molecule has 22 heavy (non-hydrogen) atoms. The van der Waals surface area contributed by atoms with Gasteiger partial charge in [0.15, 0.2) is 0 Å². The molecule has 0 aromatic carbocycles. The van der Waals surface area contributed by atoms with Crippen LogP contribution in [-0.4, -0.2) is 28.2 Å². The summed E-state index contributed by atoms with van der Waals surface area (Å²) in [5, 5.41) is 0. The van der Waals surface area contributed by atoms with Crippen molar-refractivity contribution in [3.63, 3.8) is 0 Å². The van der Waals surface area contributed by atoms with Crippen molar-refractivity contribution in [2.75, 3.05) is 0 Å². The molecule has 1 aliphatic carbocycles. The van der Waals surface area contributed by atoms with E-state index in [0.717, 1.165) is 18.8 Å². The van der Waals surface area contributed by atoms with Crippen molar-refractivity contribution in [1.82, 2.24) is 4.90 Å². The molecule has 1 fully saturated rings. The van der Waals surface area contributed by atoms with Crippen LogP contribution in [0.5, 0.6) is 0 Å². The van der Waals surface area contributed by atoms with Crippen LogP contribution in [0.15, 0.2) is 44.1 Å². The summed E-state index contributed by atoms with van der Waals surface area (Å²) in [6.45, 7) is 15.8. The third kappa shape index (κ3) is 1.68. The van der Waals surface area contributed by atoms with Gasteiger partial charge in [-0.05, 0) is 83.6 Å². The van der Waals surface area contributed by atoms with E-state index < -0.39 is 0 Å². The Morgan fingerprint density at radius 3 is 2.05 bits per heavy atom. The van der Waals surface area contributed by atoms with E-state index in [1.54, 1.807) is 0 Å². The van der Waals surface area contributed by atoms with Gasteiger partial charge in [0, 0.05) is 12.4 Å². The second kappa shape index (κ2) is 4.68. The van der Waals surface area contributed by atoms with Gasteiger partial charge in [-0.2, -0.15) is 0 Å². The van der Waals surface area contributed by atoms with Gasteiger partial charge in [-0.25, -0.2) is 9.98 Å². The topological polar surface area (TPSA) is 27.7 Å². The second-order valence-electron chi connectivity index (χ2n) is 7.23. The molecule has 0 spiro atoms. The fourth-order valence-electron chi connectivity index (χ4n) is 4.19. The van der Waals surface area contributed by atoms with Crippen molar-refractivity contribution < 1.29 is 0 Å². The minimum Gasteiger partial charge on any atom is -0.317 e. The average Bonchev–Trinajstić information content (AvgIpc) is 2.99. The fourth-order valence-corrected chi connectivity index (χ4v) is 4.19.